The molecule has 0 fully saturated rings. The van der Waals surface area contributed by atoms with Crippen molar-refractivity contribution >= 4 is 28.2 Å². The molecule has 3 heterocycles. The molecule has 0 aliphatic carbocycles. The topological polar surface area (TPSA) is 35.1 Å². The first-order valence-electron chi connectivity index (χ1n) is 9.35. The highest BCUT2D eigenvalue weighted by Gasteiger charge is 2.26. The summed E-state index contributed by atoms with van der Waals surface area (Å²) in [7, 11) is 0. The van der Waals surface area contributed by atoms with Gasteiger partial charge < -0.3 is 4.57 Å². The number of hydrogen-bond donors (Lipinski definition) is 0. The van der Waals surface area contributed by atoms with Crippen molar-refractivity contribution in [2.45, 2.75) is 46.1 Å². The number of rotatable bonds is 4. The van der Waals surface area contributed by atoms with Gasteiger partial charge in [0.1, 0.15) is 16.8 Å². The third-order valence-corrected chi connectivity index (χ3v) is 5.46. The molecule has 0 aliphatic rings. The summed E-state index contributed by atoms with van der Waals surface area (Å²) in [5.74, 6) is -1.69. The second-order valence-corrected chi connectivity index (χ2v) is 7.69. The van der Waals surface area contributed by atoms with Gasteiger partial charge in [-0.05, 0) is 44.5 Å². The molecule has 1 unspecified atom stereocenters. The van der Waals surface area contributed by atoms with E-state index in [0.29, 0.717) is 22.2 Å². The van der Waals surface area contributed by atoms with Gasteiger partial charge in [0.2, 0.25) is 0 Å². The van der Waals surface area contributed by atoms with Crippen molar-refractivity contribution < 1.29 is 8.78 Å². The molecule has 7 heteroatoms. The maximum absolute atomic E-state index is 15.5. The molecule has 0 aliphatic heterocycles. The molecule has 28 heavy (non-hydrogen) atoms. The summed E-state index contributed by atoms with van der Waals surface area (Å²) < 4.78 is 34.2. The van der Waals surface area contributed by atoms with Gasteiger partial charge in [0, 0.05) is 28.6 Å². The first kappa shape index (κ1) is 18.9. The van der Waals surface area contributed by atoms with Gasteiger partial charge in [-0.3, -0.25) is 0 Å². The predicted molar refractivity (Wildman–Crippen MR) is 107 cm³/mol. The van der Waals surface area contributed by atoms with E-state index in [1.54, 1.807) is 25.3 Å². The molecule has 1 aromatic carbocycles. The van der Waals surface area contributed by atoms with Gasteiger partial charge >= 0.3 is 0 Å². The van der Waals surface area contributed by atoms with E-state index in [0.717, 1.165) is 12.1 Å². The van der Waals surface area contributed by atoms with E-state index in [4.69, 9.17) is 11.6 Å². The highest BCUT2D eigenvalue weighted by molar-refractivity contribution is 6.29. The Balaban J connectivity index is 1.94. The average Bonchev–Trinajstić information content (AvgIpc) is 3.22. The van der Waals surface area contributed by atoms with Crippen LogP contribution < -0.4 is 0 Å². The predicted octanol–water partition coefficient (Wildman–Crippen LogP) is 5.91. The van der Waals surface area contributed by atoms with Gasteiger partial charge in [0.15, 0.2) is 5.65 Å². The van der Waals surface area contributed by atoms with Crippen molar-refractivity contribution in [2.24, 2.45) is 0 Å². The number of halogens is 3. The molecule has 0 saturated carbocycles. The second kappa shape index (κ2) is 6.85. The van der Waals surface area contributed by atoms with E-state index in [1.165, 1.54) is 10.6 Å². The normalized spacial score (nSPS) is 13.1. The highest BCUT2D eigenvalue weighted by Crippen LogP contribution is 2.35. The summed E-state index contributed by atoms with van der Waals surface area (Å²) >= 11 is 5.99. The molecule has 0 bridgehead atoms. The zero-order chi connectivity index (χ0) is 20.2. The summed E-state index contributed by atoms with van der Waals surface area (Å²) in [6, 6.07) is 6.72. The zero-order valence-electron chi connectivity index (χ0n) is 16.2. The number of fused-ring (bicyclic) bond motifs is 2. The van der Waals surface area contributed by atoms with Crippen molar-refractivity contribution in [2.75, 3.05) is 0 Å². The molecule has 3 aromatic heterocycles. The Kier molecular flexibility index (Phi) is 4.62. The molecular weight excluding hydrogens is 382 g/mol. The van der Waals surface area contributed by atoms with E-state index >= 15 is 8.78 Å². The smallest absolute Gasteiger partial charge is 0.153 e. The van der Waals surface area contributed by atoms with Crippen LogP contribution in [0.15, 0.2) is 30.5 Å². The molecule has 0 saturated heterocycles. The monoisotopic (exact) mass is 402 g/mol. The summed E-state index contributed by atoms with van der Waals surface area (Å²) in [5.41, 5.74) is 2.73. The van der Waals surface area contributed by atoms with E-state index in [9.17, 15) is 0 Å². The van der Waals surface area contributed by atoms with Crippen LogP contribution in [0, 0.1) is 11.6 Å². The van der Waals surface area contributed by atoms with Gasteiger partial charge in [0.05, 0.1) is 17.4 Å². The van der Waals surface area contributed by atoms with Crippen LogP contribution in [-0.4, -0.2) is 19.2 Å². The number of benzene rings is 1. The fourth-order valence-electron chi connectivity index (χ4n) is 3.96. The maximum Gasteiger partial charge on any atom is 0.153 e. The number of nitrogens with zero attached hydrogens (tertiary/aromatic N) is 4. The summed E-state index contributed by atoms with van der Waals surface area (Å²) in [4.78, 5) is 4.28. The highest BCUT2D eigenvalue weighted by atomic mass is 35.5. The second-order valence-electron chi connectivity index (χ2n) is 7.30. The molecule has 146 valence electrons. The molecule has 0 amide bonds. The Bertz CT molecular complexity index is 1190. The van der Waals surface area contributed by atoms with Crippen LogP contribution in [0.4, 0.5) is 8.78 Å². The van der Waals surface area contributed by atoms with Crippen LogP contribution in [0.5, 0.6) is 0 Å². The van der Waals surface area contributed by atoms with Crippen molar-refractivity contribution in [1.29, 1.82) is 0 Å². The fourth-order valence-corrected chi connectivity index (χ4v) is 4.09. The Morgan fingerprint density at radius 2 is 1.89 bits per heavy atom. The third kappa shape index (κ3) is 2.78. The van der Waals surface area contributed by atoms with E-state index < -0.39 is 17.6 Å². The van der Waals surface area contributed by atoms with Crippen LogP contribution in [0.2, 0.25) is 5.15 Å². The van der Waals surface area contributed by atoms with Gasteiger partial charge in [0.25, 0.3) is 0 Å². The summed E-state index contributed by atoms with van der Waals surface area (Å²) in [6.45, 7) is 7.79. The minimum absolute atomic E-state index is 0.0136. The number of imidazole rings is 1. The Hall–Kier alpha value is -2.47. The quantitative estimate of drug-likeness (QED) is 0.425. The minimum atomic E-state index is -0.585. The molecule has 4 aromatic rings. The molecule has 0 radical (unpaired) electrons. The number of aromatic nitrogens is 4. The number of aryl methyl sites for hydroxylation is 1. The van der Waals surface area contributed by atoms with E-state index in [-0.39, 0.29) is 16.8 Å². The van der Waals surface area contributed by atoms with Crippen LogP contribution in [0.3, 0.4) is 0 Å². The van der Waals surface area contributed by atoms with Gasteiger partial charge in [-0.1, -0.05) is 25.4 Å². The van der Waals surface area contributed by atoms with Gasteiger partial charge in [-0.15, -0.1) is 0 Å². The molecule has 4 rings (SSSR count). The minimum Gasteiger partial charge on any atom is -0.342 e. The lowest BCUT2D eigenvalue weighted by atomic mass is 9.95. The molecular formula is C21H21ClF2N4. The van der Waals surface area contributed by atoms with Gasteiger partial charge in [-0.2, -0.15) is 5.10 Å². The Morgan fingerprint density at radius 3 is 2.57 bits per heavy atom. The first-order chi connectivity index (χ1) is 13.3. The maximum atomic E-state index is 15.5. The first-order valence-corrected chi connectivity index (χ1v) is 9.73. The lowest BCUT2D eigenvalue weighted by molar-refractivity contribution is 0.548. The van der Waals surface area contributed by atoms with Crippen LogP contribution in [-0.2, 0) is 6.42 Å². The van der Waals surface area contributed by atoms with Crippen molar-refractivity contribution in [1.82, 2.24) is 19.2 Å². The third-order valence-electron chi connectivity index (χ3n) is 5.26. The van der Waals surface area contributed by atoms with Crippen LogP contribution in [0.25, 0.3) is 16.6 Å². The van der Waals surface area contributed by atoms with Crippen LogP contribution in [0.1, 0.15) is 56.6 Å². The summed E-state index contributed by atoms with van der Waals surface area (Å²) in [5, 5.41) is 4.96. The molecule has 4 nitrogen and oxygen atoms in total. The van der Waals surface area contributed by atoms with E-state index in [1.807, 2.05) is 31.4 Å². The Labute approximate surface area is 166 Å². The van der Waals surface area contributed by atoms with Crippen LogP contribution >= 0.6 is 11.6 Å². The number of hydrogen-bond acceptors (Lipinski definition) is 2. The largest absolute Gasteiger partial charge is 0.342 e. The van der Waals surface area contributed by atoms with Crippen molar-refractivity contribution in [3.05, 3.63) is 64.2 Å². The van der Waals surface area contributed by atoms with Gasteiger partial charge in [-0.25, -0.2) is 18.3 Å². The summed E-state index contributed by atoms with van der Waals surface area (Å²) in [6.07, 6.45) is 2.33. The SMILES string of the molecule is CCc1cc2c(F)c(C(C)c3cnc4ccc(Cl)nn34)c(F)cc2n1C(C)C. The van der Waals surface area contributed by atoms with Crippen molar-refractivity contribution in [3.63, 3.8) is 0 Å². The zero-order valence-corrected chi connectivity index (χ0v) is 16.9. The lowest BCUT2D eigenvalue weighted by Gasteiger charge is -2.17. The lowest BCUT2D eigenvalue weighted by Crippen LogP contribution is -2.09. The molecule has 1 atom stereocenters. The Morgan fingerprint density at radius 1 is 1.14 bits per heavy atom. The average molecular weight is 403 g/mol. The standard InChI is InChI=1S/C21H21ClF2N4/c1-5-13-8-14-16(27(13)11(2)3)9-15(23)20(21(14)24)12(4)17-10-25-19-7-6-18(22)26-28(17)19/h6-12H,5H2,1-4H3. The molecule has 0 N–H and O–H groups in total. The van der Waals surface area contributed by atoms with E-state index in [2.05, 4.69) is 10.1 Å². The fraction of sp³-hybridized carbons (Fsp3) is 0.333. The molecule has 0 spiro atoms. The van der Waals surface area contributed by atoms with Crippen molar-refractivity contribution in [3.8, 4) is 0 Å².